The van der Waals surface area contributed by atoms with Gasteiger partial charge in [0.15, 0.2) is 0 Å². The molecule has 0 fully saturated rings. The third kappa shape index (κ3) is 3.67. The van der Waals surface area contributed by atoms with Crippen LogP contribution in [0.3, 0.4) is 0 Å². The van der Waals surface area contributed by atoms with E-state index in [0.717, 1.165) is 18.2 Å². The van der Waals surface area contributed by atoms with Gasteiger partial charge in [-0.3, -0.25) is 4.72 Å². The van der Waals surface area contributed by atoms with Gasteiger partial charge in [-0.1, -0.05) is 22.0 Å². The summed E-state index contributed by atoms with van der Waals surface area (Å²) >= 11 is 2.71. The Morgan fingerprint density at radius 2 is 1.94 bits per heavy atom. The highest BCUT2D eigenvalue weighted by atomic mass is 79.9. The van der Waals surface area contributed by atoms with Gasteiger partial charge in [0.25, 0.3) is 0 Å². The summed E-state index contributed by atoms with van der Waals surface area (Å²) in [7, 11) is -3.64. The monoisotopic (exact) mass is 317 g/mol. The molecule has 0 aliphatic rings. The average Bonchev–Trinajstić information content (AvgIpc) is 2.16. The van der Waals surface area contributed by atoms with Crippen molar-refractivity contribution >= 4 is 31.6 Å². The van der Waals surface area contributed by atoms with E-state index in [1.807, 2.05) is 4.72 Å². The van der Waals surface area contributed by atoms with Crippen LogP contribution in [0.5, 0.6) is 0 Å². The van der Waals surface area contributed by atoms with Crippen LogP contribution in [0.1, 0.15) is 5.56 Å². The van der Waals surface area contributed by atoms with E-state index < -0.39 is 21.8 Å². The molecule has 3 nitrogen and oxygen atoms in total. The van der Waals surface area contributed by atoms with Crippen molar-refractivity contribution in [1.82, 2.24) is 0 Å². The normalized spacial score (nSPS) is 12.5. The first-order valence-electron chi connectivity index (χ1n) is 3.98. The van der Waals surface area contributed by atoms with E-state index in [4.69, 9.17) is 0 Å². The van der Waals surface area contributed by atoms with Gasteiger partial charge in [0, 0.05) is 5.69 Å². The van der Waals surface area contributed by atoms with Gasteiger partial charge in [-0.15, -0.1) is 0 Å². The van der Waals surface area contributed by atoms with Gasteiger partial charge in [-0.05, 0) is 18.2 Å². The first-order chi connectivity index (χ1) is 7.24. The van der Waals surface area contributed by atoms with E-state index in [1.54, 1.807) is 0 Å². The molecular formula is C8H7BrF3NO2S. The second kappa shape index (κ2) is 4.62. The summed E-state index contributed by atoms with van der Waals surface area (Å²) in [5, 5.41) is 0. The first-order valence-corrected chi connectivity index (χ1v) is 6.76. The quantitative estimate of drug-likeness (QED) is 0.871. The van der Waals surface area contributed by atoms with Crippen LogP contribution in [0.25, 0.3) is 0 Å². The molecule has 0 saturated heterocycles. The van der Waals surface area contributed by atoms with E-state index in [0.29, 0.717) is 0 Å². The Kier molecular flexibility index (Phi) is 3.84. The zero-order valence-corrected chi connectivity index (χ0v) is 10.2. The van der Waals surface area contributed by atoms with Crippen molar-refractivity contribution in [3.63, 3.8) is 0 Å². The van der Waals surface area contributed by atoms with Crippen LogP contribution < -0.4 is 4.72 Å². The molecule has 16 heavy (non-hydrogen) atoms. The van der Waals surface area contributed by atoms with Crippen molar-refractivity contribution in [2.75, 3.05) is 9.38 Å². The summed E-state index contributed by atoms with van der Waals surface area (Å²) in [5.41, 5.74) is -1.02. The topological polar surface area (TPSA) is 46.2 Å². The number of rotatable bonds is 3. The van der Waals surface area contributed by atoms with Crippen molar-refractivity contribution in [2.24, 2.45) is 0 Å². The highest BCUT2D eigenvalue weighted by Crippen LogP contribution is 2.30. The Morgan fingerprint density at radius 3 is 2.44 bits per heavy atom. The van der Waals surface area contributed by atoms with Crippen molar-refractivity contribution in [3.05, 3.63) is 29.8 Å². The van der Waals surface area contributed by atoms with Crippen LogP contribution in [-0.2, 0) is 16.2 Å². The van der Waals surface area contributed by atoms with Crippen LogP contribution in [0.4, 0.5) is 18.9 Å². The summed E-state index contributed by atoms with van der Waals surface area (Å²) in [6.45, 7) is 0. The Balaban J connectivity index is 3.01. The van der Waals surface area contributed by atoms with Gasteiger partial charge >= 0.3 is 6.18 Å². The Labute approximate surface area is 98.8 Å². The van der Waals surface area contributed by atoms with E-state index in [1.165, 1.54) is 6.07 Å². The van der Waals surface area contributed by atoms with E-state index >= 15 is 0 Å². The molecule has 0 spiro atoms. The summed E-state index contributed by atoms with van der Waals surface area (Å²) in [5.74, 6) is 0. The molecular weight excluding hydrogens is 311 g/mol. The number of hydrogen-bond acceptors (Lipinski definition) is 2. The molecule has 0 unspecified atom stereocenters. The van der Waals surface area contributed by atoms with Crippen molar-refractivity contribution in [2.45, 2.75) is 6.18 Å². The van der Waals surface area contributed by atoms with Crippen LogP contribution in [0.15, 0.2) is 24.3 Å². The van der Waals surface area contributed by atoms with Gasteiger partial charge in [0.05, 0.1) is 5.56 Å². The lowest BCUT2D eigenvalue weighted by Gasteiger charge is -2.09. The molecule has 0 bridgehead atoms. The predicted octanol–water partition coefficient (Wildman–Crippen LogP) is 2.80. The van der Waals surface area contributed by atoms with Gasteiger partial charge < -0.3 is 0 Å². The predicted molar refractivity (Wildman–Crippen MR) is 57.8 cm³/mol. The van der Waals surface area contributed by atoms with Gasteiger partial charge in [-0.2, -0.15) is 13.2 Å². The zero-order chi connectivity index (χ0) is 12.4. The second-order valence-corrected chi connectivity index (χ2v) is 5.93. The Hall–Kier alpha value is -0.760. The Morgan fingerprint density at radius 1 is 1.31 bits per heavy atom. The number of anilines is 1. The van der Waals surface area contributed by atoms with Crippen LogP contribution in [0.2, 0.25) is 0 Å². The number of sulfonamides is 1. The lowest BCUT2D eigenvalue weighted by atomic mass is 10.2. The summed E-state index contributed by atoms with van der Waals surface area (Å²) in [6, 6.07) is 3.98. The standard InChI is InChI=1S/C8H7BrF3NO2S/c9-5-16(14,15)13-7-3-1-2-6(4-7)8(10,11)12/h1-4,13H,5H2. The largest absolute Gasteiger partial charge is 0.416 e. The molecule has 0 atom stereocenters. The first kappa shape index (κ1) is 13.3. The highest BCUT2D eigenvalue weighted by Gasteiger charge is 2.30. The Bertz CT molecular complexity index is 472. The number of halogens is 4. The smallest absolute Gasteiger partial charge is 0.283 e. The van der Waals surface area contributed by atoms with E-state index in [9.17, 15) is 21.6 Å². The molecule has 0 amide bonds. The third-order valence-corrected chi connectivity index (χ3v) is 4.25. The van der Waals surface area contributed by atoms with Crippen molar-refractivity contribution in [3.8, 4) is 0 Å². The molecule has 0 aliphatic heterocycles. The van der Waals surface area contributed by atoms with E-state index in [-0.39, 0.29) is 10.3 Å². The summed E-state index contributed by atoms with van der Waals surface area (Å²) in [4.78, 5) is 0. The minimum Gasteiger partial charge on any atom is -0.283 e. The maximum atomic E-state index is 12.3. The molecule has 1 aromatic carbocycles. The molecule has 90 valence electrons. The molecule has 0 saturated carbocycles. The van der Waals surface area contributed by atoms with Gasteiger partial charge in [0.2, 0.25) is 10.0 Å². The molecule has 1 rings (SSSR count). The fourth-order valence-corrected chi connectivity index (χ4v) is 1.85. The van der Waals surface area contributed by atoms with Crippen LogP contribution in [0, 0.1) is 0 Å². The maximum Gasteiger partial charge on any atom is 0.416 e. The minimum absolute atomic E-state index is 0.116. The fraction of sp³-hybridized carbons (Fsp3) is 0.250. The minimum atomic E-state index is -4.49. The van der Waals surface area contributed by atoms with E-state index in [2.05, 4.69) is 15.9 Å². The molecule has 8 heteroatoms. The summed E-state index contributed by atoms with van der Waals surface area (Å²) in [6.07, 6.45) is -4.49. The maximum absolute atomic E-state index is 12.3. The molecule has 0 aromatic heterocycles. The van der Waals surface area contributed by atoms with Gasteiger partial charge in [0.1, 0.15) is 4.66 Å². The number of alkyl halides is 4. The van der Waals surface area contributed by atoms with Gasteiger partial charge in [-0.25, -0.2) is 8.42 Å². The molecule has 0 aliphatic carbocycles. The second-order valence-electron chi connectivity index (χ2n) is 2.90. The third-order valence-electron chi connectivity index (χ3n) is 1.61. The van der Waals surface area contributed by atoms with Crippen LogP contribution >= 0.6 is 15.9 Å². The lowest BCUT2D eigenvalue weighted by Crippen LogP contribution is -2.14. The molecule has 1 N–H and O–H groups in total. The SMILES string of the molecule is O=S(=O)(CBr)Nc1cccc(C(F)(F)F)c1. The lowest BCUT2D eigenvalue weighted by molar-refractivity contribution is -0.137. The van der Waals surface area contributed by atoms with Crippen molar-refractivity contribution in [1.29, 1.82) is 0 Å². The summed E-state index contributed by atoms with van der Waals surface area (Å²) < 4.78 is 60.7. The molecule has 0 heterocycles. The average molecular weight is 318 g/mol. The molecule has 1 aromatic rings. The van der Waals surface area contributed by atoms with Crippen molar-refractivity contribution < 1.29 is 21.6 Å². The number of hydrogen-bond donors (Lipinski definition) is 1. The van der Waals surface area contributed by atoms with Crippen LogP contribution in [-0.4, -0.2) is 13.1 Å². The number of nitrogens with one attached hydrogen (secondary N) is 1. The number of benzene rings is 1. The fourth-order valence-electron chi connectivity index (χ4n) is 0.966. The zero-order valence-electron chi connectivity index (χ0n) is 7.75. The highest BCUT2D eigenvalue weighted by molar-refractivity contribution is 9.10. The molecule has 0 radical (unpaired) electrons.